The molecule has 416 valence electrons. The first-order valence-electron chi connectivity index (χ1n) is 25.1. The Morgan fingerprint density at radius 3 is 1.54 bits per heavy atom. The number of carbonyl (C=O) groups is 5. The Labute approximate surface area is 457 Å². The van der Waals surface area contributed by atoms with Gasteiger partial charge in [0.25, 0.3) is 0 Å². The molecule has 5 N–H and O–H groups in total. The fourth-order valence-electron chi connectivity index (χ4n) is 8.06. The fraction of sp³-hybridized carbons (Fsp3) is 0.217. The lowest BCUT2D eigenvalue weighted by Gasteiger charge is -2.23. The molecule has 3 amide bonds. The molecule has 0 bridgehead atoms. The van der Waals surface area contributed by atoms with Gasteiger partial charge in [-0.05, 0) is 70.1 Å². The van der Waals surface area contributed by atoms with Crippen molar-refractivity contribution in [2.24, 2.45) is 0 Å². The number of hydrogen-bond acceptors (Lipinski definition) is 12. The Morgan fingerprint density at radius 2 is 0.975 bits per heavy atom. The van der Waals surface area contributed by atoms with Crippen molar-refractivity contribution >= 4 is 30.0 Å². The van der Waals surface area contributed by atoms with Crippen LogP contribution >= 0.6 is 0 Å². The molecule has 0 spiro atoms. The topological polar surface area (TPSA) is 200 Å². The third-order valence-electron chi connectivity index (χ3n) is 12.3. The number of halogens is 5. The predicted molar refractivity (Wildman–Crippen MR) is 282 cm³/mol. The van der Waals surface area contributed by atoms with E-state index >= 15 is 0 Å². The van der Waals surface area contributed by atoms with Gasteiger partial charge in [-0.2, -0.15) is 8.78 Å². The zero-order valence-corrected chi connectivity index (χ0v) is 43.0. The minimum atomic E-state index is -2.48. The van der Waals surface area contributed by atoms with Gasteiger partial charge in [-0.1, -0.05) is 152 Å². The number of hydrogen-bond donors (Lipinski definition) is 5. The van der Waals surface area contributed by atoms with Crippen LogP contribution in [0.2, 0.25) is 0 Å². The summed E-state index contributed by atoms with van der Waals surface area (Å²) in [6.07, 6.45) is -4.08. The van der Waals surface area contributed by atoms with Crippen molar-refractivity contribution in [2.45, 2.75) is 69.9 Å². The lowest BCUT2D eigenvalue weighted by Crippen LogP contribution is -2.52. The molecular formula is C60H55F5N4O11. The van der Waals surface area contributed by atoms with Crippen molar-refractivity contribution in [1.82, 2.24) is 21.3 Å². The van der Waals surface area contributed by atoms with Crippen molar-refractivity contribution in [3.8, 4) is 22.6 Å². The maximum absolute atomic E-state index is 14.9. The molecule has 20 heteroatoms. The molecule has 80 heavy (non-hydrogen) atoms. The Bertz CT molecular complexity index is 3190. The van der Waals surface area contributed by atoms with Crippen molar-refractivity contribution in [3.63, 3.8) is 0 Å². The monoisotopic (exact) mass is 1100 g/mol. The number of benzene rings is 7. The molecule has 7 rings (SSSR count). The van der Waals surface area contributed by atoms with Gasteiger partial charge in [0.05, 0.1) is 12.1 Å². The molecular weight excluding hydrogens is 1050 g/mol. The van der Waals surface area contributed by atoms with Crippen LogP contribution < -0.4 is 30.7 Å². The number of nitrogens with one attached hydrogen (secondary N) is 4. The summed E-state index contributed by atoms with van der Waals surface area (Å²) in [6, 6.07) is 42.5. The smallest absolute Gasteiger partial charge is 0.408 e. The molecule has 7 aromatic rings. The van der Waals surface area contributed by atoms with Gasteiger partial charge in [0.1, 0.15) is 44.3 Å². The molecule has 0 aliphatic carbocycles. The molecule has 0 heterocycles. The second-order valence-corrected chi connectivity index (χ2v) is 18.1. The minimum absolute atomic E-state index is 0.00311. The maximum atomic E-state index is 14.9. The molecule has 0 saturated heterocycles. The average molecular weight is 1100 g/mol. The lowest BCUT2D eigenvalue weighted by molar-refractivity contribution is -0.149. The van der Waals surface area contributed by atoms with Crippen LogP contribution in [-0.4, -0.2) is 73.0 Å². The molecule has 0 unspecified atom stereocenters. The third kappa shape index (κ3) is 16.9. The van der Waals surface area contributed by atoms with Crippen LogP contribution in [0.1, 0.15) is 39.8 Å². The van der Waals surface area contributed by atoms with E-state index in [4.69, 9.17) is 23.7 Å². The van der Waals surface area contributed by atoms with Gasteiger partial charge in [0, 0.05) is 19.4 Å². The van der Waals surface area contributed by atoms with E-state index in [-0.39, 0.29) is 57.1 Å². The van der Waals surface area contributed by atoms with Gasteiger partial charge in [-0.25, -0.2) is 32.3 Å². The number of carbonyl (C=O) groups excluding carboxylic acids is 5. The summed E-state index contributed by atoms with van der Waals surface area (Å²) >= 11 is 0. The number of likely N-dealkylation sites (N-methyl/N-ethyl adjacent to an activating group) is 1. The van der Waals surface area contributed by atoms with Gasteiger partial charge in [0.2, 0.25) is 40.7 Å². The highest BCUT2D eigenvalue weighted by Crippen LogP contribution is 2.32. The van der Waals surface area contributed by atoms with E-state index in [1.165, 1.54) is 7.05 Å². The molecule has 0 aliphatic rings. The van der Waals surface area contributed by atoms with Crippen molar-refractivity contribution < 1.29 is 74.7 Å². The molecule has 0 fully saturated rings. The van der Waals surface area contributed by atoms with E-state index in [0.29, 0.717) is 27.8 Å². The highest BCUT2D eigenvalue weighted by atomic mass is 19.2. The largest absolute Gasteiger partial charge is 0.489 e. The maximum Gasteiger partial charge on any atom is 0.408 e. The van der Waals surface area contributed by atoms with Crippen molar-refractivity contribution in [1.29, 1.82) is 0 Å². The summed E-state index contributed by atoms with van der Waals surface area (Å²) in [7, 11) is 1.49. The molecule has 0 aliphatic heterocycles. The number of ether oxygens (including phenoxy) is 5. The van der Waals surface area contributed by atoms with Gasteiger partial charge in [-0.15, -0.1) is 0 Å². The van der Waals surface area contributed by atoms with Crippen LogP contribution in [-0.2, 0) is 67.9 Å². The summed E-state index contributed by atoms with van der Waals surface area (Å²) in [5.41, 5.74) is 4.39. The Kier molecular flexibility index (Phi) is 21.2. The number of amides is 3. The first-order chi connectivity index (χ1) is 38.6. The Balaban J connectivity index is 1.14. The SMILES string of the molecule is CN[C@@H](C[C@@H](O)CNC(=O)OCc1ccccc1)C(=O)N[C@@H](Cc1cccc(-c2ccc(OCc3ccccc3)c(C[C@H](NC(=O)OCc3ccccc3)C(=O)Oc3c(F)c(F)c(F)c(F)c3F)c2)c1)C(=O)OCc1ccccc1. The second-order valence-electron chi connectivity index (χ2n) is 18.1. The number of aliphatic hydroxyl groups is 1. The summed E-state index contributed by atoms with van der Waals surface area (Å²) in [5.74, 6) is -16.9. The molecule has 4 atom stereocenters. The average Bonchev–Trinajstić information content (AvgIpc) is 3.50. The molecule has 0 radical (unpaired) electrons. The predicted octanol–water partition coefficient (Wildman–Crippen LogP) is 9.11. The molecule has 0 aromatic heterocycles. The van der Waals surface area contributed by atoms with Gasteiger partial charge >= 0.3 is 24.1 Å². The van der Waals surface area contributed by atoms with E-state index < -0.39 is 95.5 Å². The quantitative estimate of drug-likeness (QED) is 0.00910. The Morgan fingerprint density at radius 1 is 0.487 bits per heavy atom. The van der Waals surface area contributed by atoms with Crippen LogP contribution in [0.25, 0.3) is 11.1 Å². The number of rotatable bonds is 25. The van der Waals surface area contributed by atoms with Crippen LogP contribution in [0.5, 0.6) is 11.5 Å². The third-order valence-corrected chi connectivity index (χ3v) is 12.3. The van der Waals surface area contributed by atoms with Crippen LogP contribution in [0.4, 0.5) is 31.5 Å². The fourth-order valence-corrected chi connectivity index (χ4v) is 8.06. The number of aliphatic hydroxyl groups excluding tert-OH is 1. The van der Waals surface area contributed by atoms with E-state index in [1.54, 1.807) is 158 Å². The summed E-state index contributed by atoms with van der Waals surface area (Å²) < 4.78 is 99.8. The van der Waals surface area contributed by atoms with E-state index in [9.17, 15) is 51.0 Å². The first kappa shape index (κ1) is 58.5. The van der Waals surface area contributed by atoms with Gasteiger partial charge in [0.15, 0.2) is 0 Å². The van der Waals surface area contributed by atoms with Crippen LogP contribution in [0.3, 0.4) is 0 Å². The molecule has 15 nitrogen and oxygen atoms in total. The molecule has 0 saturated carbocycles. The number of alkyl carbamates (subject to hydrolysis) is 2. The zero-order chi connectivity index (χ0) is 57.0. The van der Waals surface area contributed by atoms with Gasteiger partial charge in [-0.3, -0.25) is 4.79 Å². The summed E-state index contributed by atoms with van der Waals surface area (Å²) in [4.78, 5) is 67.4. The Hall–Kier alpha value is -9.14. The second kappa shape index (κ2) is 29.0. The lowest BCUT2D eigenvalue weighted by atomic mass is 9.95. The van der Waals surface area contributed by atoms with Crippen LogP contribution in [0.15, 0.2) is 164 Å². The van der Waals surface area contributed by atoms with E-state index in [1.807, 2.05) is 6.07 Å². The standard InChI is InChI=1S/C60H55F5N4O11/c1-66-46(31-45(70)32-67-59(74)78-35-39-19-10-4-11-20-39)56(71)68-47(57(72)77-34-38-17-8-3-9-18-38)28-41-23-14-24-42(27-41)43-25-26-49(76-33-37-15-6-2-7-16-37)44(29-43)30-48(69-60(75)79-36-40-21-12-5-13-22-40)58(73)80-55-53(64)51(62)50(61)52(63)54(55)65/h2-27,29,45-48,66,70H,28,30-36H2,1H3,(H,67,74)(H,68,71)(H,69,75)/t45-,46+,47+,48+/m1/s1. The summed E-state index contributed by atoms with van der Waals surface area (Å²) in [6.45, 7) is -0.661. The van der Waals surface area contributed by atoms with Crippen molar-refractivity contribution in [2.75, 3.05) is 13.6 Å². The highest BCUT2D eigenvalue weighted by Gasteiger charge is 2.33. The summed E-state index contributed by atoms with van der Waals surface area (Å²) in [5, 5.41) is 21.2. The normalized spacial score (nSPS) is 12.4. The number of esters is 2. The van der Waals surface area contributed by atoms with Gasteiger partial charge < -0.3 is 50.1 Å². The van der Waals surface area contributed by atoms with E-state index in [0.717, 1.165) is 11.1 Å². The minimum Gasteiger partial charge on any atom is -0.489 e. The van der Waals surface area contributed by atoms with E-state index in [2.05, 4.69) is 21.3 Å². The highest BCUT2D eigenvalue weighted by molar-refractivity contribution is 5.88. The zero-order valence-electron chi connectivity index (χ0n) is 43.0. The first-order valence-corrected chi connectivity index (χ1v) is 25.1. The van der Waals surface area contributed by atoms with Crippen LogP contribution in [0, 0.1) is 29.1 Å². The molecule has 7 aromatic carbocycles. The van der Waals surface area contributed by atoms with Crippen molar-refractivity contribution in [3.05, 3.63) is 226 Å².